The van der Waals surface area contributed by atoms with Gasteiger partial charge in [-0.2, -0.15) is 0 Å². The number of carbonyl (C=O) groups is 1. The van der Waals surface area contributed by atoms with Crippen LogP contribution in [0.15, 0.2) is 35.9 Å². The molecular weight excluding hydrogens is 234 g/mol. The molecule has 1 aromatic carbocycles. The molecule has 2 heteroatoms. The molecule has 19 heavy (non-hydrogen) atoms. The summed E-state index contributed by atoms with van der Waals surface area (Å²) in [7, 11) is 0. The third-order valence-electron chi connectivity index (χ3n) is 1.85. The van der Waals surface area contributed by atoms with Crippen LogP contribution in [0.25, 0.3) is 0 Å². The maximum absolute atomic E-state index is 9.95. The van der Waals surface area contributed by atoms with E-state index in [0.717, 1.165) is 5.69 Å². The van der Waals surface area contributed by atoms with Gasteiger partial charge in [0.05, 0.1) is 0 Å². The number of carbonyl (C=O) groups excluding carboxylic acids is 1. The number of hydrogen-bond donors (Lipinski definition) is 1. The molecule has 0 atom stereocenters. The first-order chi connectivity index (χ1) is 9.10. The second-order valence-electron chi connectivity index (χ2n) is 3.49. The first-order valence-electron chi connectivity index (χ1n) is 6.96. The Kier molecular flexibility index (Phi) is 22.3. The highest BCUT2D eigenvalue weighted by Gasteiger charge is 1.86. The molecule has 0 bridgehead atoms. The zero-order chi connectivity index (χ0) is 15.7. The molecule has 110 valence electrons. The van der Waals surface area contributed by atoms with E-state index in [9.17, 15) is 4.79 Å². The first-order valence-corrected chi connectivity index (χ1v) is 6.96. The van der Waals surface area contributed by atoms with Crippen LogP contribution in [-0.4, -0.2) is 6.41 Å². The highest BCUT2D eigenvalue weighted by Crippen LogP contribution is 2.06. The highest BCUT2D eigenvalue weighted by atomic mass is 16.1. The third kappa shape index (κ3) is 19.0. The van der Waals surface area contributed by atoms with E-state index in [1.807, 2.05) is 65.8 Å². The molecule has 0 saturated heterocycles. The maximum Gasteiger partial charge on any atom is 0.211 e. The van der Waals surface area contributed by atoms with E-state index < -0.39 is 0 Å². The van der Waals surface area contributed by atoms with Crippen molar-refractivity contribution in [3.8, 4) is 0 Å². The summed E-state index contributed by atoms with van der Waals surface area (Å²) in [6.07, 6.45) is 2.75. The Morgan fingerprint density at radius 1 is 1.00 bits per heavy atom. The fourth-order valence-corrected chi connectivity index (χ4v) is 0.718. The summed E-state index contributed by atoms with van der Waals surface area (Å²) in [5.74, 6) is 0. The summed E-state index contributed by atoms with van der Waals surface area (Å²) in [5, 5.41) is 2.55. The van der Waals surface area contributed by atoms with Crippen molar-refractivity contribution in [1.29, 1.82) is 0 Å². The number of hydrogen-bond acceptors (Lipinski definition) is 1. The molecule has 0 fully saturated rings. The molecule has 0 aliphatic rings. The molecule has 2 nitrogen and oxygen atoms in total. The van der Waals surface area contributed by atoms with Crippen LogP contribution in [0.1, 0.15) is 54.0 Å². The summed E-state index contributed by atoms with van der Waals surface area (Å²) in [6.45, 7) is 16.2. The van der Waals surface area contributed by atoms with Crippen LogP contribution in [0, 0.1) is 6.92 Å². The minimum atomic E-state index is 0.671. The van der Waals surface area contributed by atoms with E-state index in [1.54, 1.807) is 0 Å². The van der Waals surface area contributed by atoms with Gasteiger partial charge in [-0.3, -0.25) is 4.79 Å². The minimum absolute atomic E-state index is 0.671. The van der Waals surface area contributed by atoms with E-state index in [2.05, 4.69) is 25.2 Å². The molecule has 0 aromatic heterocycles. The molecule has 1 rings (SSSR count). The maximum atomic E-state index is 9.95. The van der Waals surface area contributed by atoms with Crippen LogP contribution >= 0.6 is 0 Å². The molecule has 0 heterocycles. The molecule has 0 aliphatic carbocycles. The summed E-state index contributed by atoms with van der Waals surface area (Å²) in [4.78, 5) is 9.95. The lowest BCUT2D eigenvalue weighted by Gasteiger charge is -1.96. The molecule has 1 aromatic rings. The van der Waals surface area contributed by atoms with Crippen LogP contribution in [0.5, 0.6) is 0 Å². The normalized spacial score (nSPS) is 7.16. The van der Waals surface area contributed by atoms with Crippen molar-refractivity contribution in [2.75, 3.05) is 5.32 Å². The zero-order valence-electron chi connectivity index (χ0n) is 13.9. The summed E-state index contributed by atoms with van der Waals surface area (Å²) >= 11 is 0. The molecule has 0 radical (unpaired) electrons. The topological polar surface area (TPSA) is 29.1 Å². The van der Waals surface area contributed by atoms with Gasteiger partial charge in [0.15, 0.2) is 0 Å². The van der Waals surface area contributed by atoms with Gasteiger partial charge in [-0.15, -0.1) is 0 Å². The molecule has 1 N–H and O–H groups in total. The first kappa shape index (κ1) is 22.6. The minimum Gasteiger partial charge on any atom is -0.329 e. The van der Waals surface area contributed by atoms with Gasteiger partial charge < -0.3 is 5.32 Å². The van der Waals surface area contributed by atoms with Gasteiger partial charge in [0, 0.05) is 5.69 Å². The fourth-order valence-electron chi connectivity index (χ4n) is 0.718. The Morgan fingerprint density at radius 2 is 1.37 bits per heavy atom. The van der Waals surface area contributed by atoms with Crippen LogP contribution in [0.4, 0.5) is 5.69 Å². The van der Waals surface area contributed by atoms with E-state index in [0.29, 0.717) is 6.41 Å². The number of rotatable bonds is 2. The number of nitrogens with one attached hydrogen (secondary N) is 1. The second-order valence-corrected chi connectivity index (χ2v) is 3.49. The van der Waals surface area contributed by atoms with Crippen LogP contribution in [0.3, 0.4) is 0 Å². The largest absolute Gasteiger partial charge is 0.329 e. The quantitative estimate of drug-likeness (QED) is 0.548. The molecule has 1 amide bonds. The summed E-state index contributed by atoms with van der Waals surface area (Å²) in [6, 6.07) is 7.63. The molecule has 0 unspecified atom stereocenters. The van der Waals surface area contributed by atoms with Gasteiger partial charge in [-0.25, -0.2) is 0 Å². The average molecular weight is 265 g/mol. The molecule has 0 aliphatic heterocycles. The lowest BCUT2D eigenvalue weighted by Crippen LogP contribution is -1.92. The van der Waals surface area contributed by atoms with Gasteiger partial charge in [-0.1, -0.05) is 57.0 Å². The lowest BCUT2D eigenvalue weighted by molar-refractivity contribution is -0.105. The Labute approximate surface area is 119 Å². The summed E-state index contributed by atoms with van der Waals surface area (Å²) in [5.41, 5.74) is 3.40. The number of allylic oxidation sites excluding steroid dienone is 2. The zero-order valence-corrected chi connectivity index (χ0v) is 13.9. The van der Waals surface area contributed by atoms with Gasteiger partial charge in [0.2, 0.25) is 6.41 Å². The van der Waals surface area contributed by atoms with Crippen LogP contribution < -0.4 is 5.32 Å². The third-order valence-corrected chi connectivity index (χ3v) is 1.85. The van der Waals surface area contributed by atoms with Crippen molar-refractivity contribution in [2.24, 2.45) is 0 Å². The van der Waals surface area contributed by atoms with Gasteiger partial charge in [0.1, 0.15) is 0 Å². The second kappa shape index (κ2) is 18.8. The monoisotopic (exact) mass is 265 g/mol. The lowest BCUT2D eigenvalue weighted by atomic mass is 10.2. The molecule has 0 spiro atoms. The van der Waals surface area contributed by atoms with Crippen molar-refractivity contribution in [3.63, 3.8) is 0 Å². The van der Waals surface area contributed by atoms with Crippen LogP contribution in [0.2, 0.25) is 0 Å². The smallest absolute Gasteiger partial charge is 0.211 e. The Bertz CT molecular complexity index is 309. The number of benzene rings is 1. The molecular formula is C17H31NO. The van der Waals surface area contributed by atoms with Crippen molar-refractivity contribution < 1.29 is 4.79 Å². The molecule has 0 saturated carbocycles. The van der Waals surface area contributed by atoms with Crippen molar-refractivity contribution in [2.45, 2.75) is 55.4 Å². The standard InChI is InChI=1S/C8H9NO.C5H10.2C2H6/c1-7-2-4-8(5-3-7)9-6-10;1-4-5(2)3;2*1-2/h2-6H,1H3,(H,9,10);4H,1-3H3;2*1-2H3. The van der Waals surface area contributed by atoms with E-state index in [4.69, 9.17) is 0 Å². The van der Waals surface area contributed by atoms with E-state index in [-0.39, 0.29) is 0 Å². The predicted octanol–water partition coefficient (Wildman–Crippen LogP) is 5.59. The Balaban J connectivity index is -0.000000242. The predicted molar refractivity (Wildman–Crippen MR) is 88.7 cm³/mol. The fraction of sp³-hybridized carbons (Fsp3) is 0.471. The average Bonchev–Trinajstić information content (AvgIpc) is 2.46. The number of amides is 1. The van der Waals surface area contributed by atoms with Gasteiger partial charge in [-0.05, 0) is 39.8 Å². The van der Waals surface area contributed by atoms with Crippen molar-refractivity contribution in [3.05, 3.63) is 41.5 Å². The number of aryl methyl sites for hydroxylation is 1. The number of anilines is 1. The van der Waals surface area contributed by atoms with Gasteiger partial charge >= 0.3 is 0 Å². The van der Waals surface area contributed by atoms with Crippen molar-refractivity contribution >= 4 is 12.1 Å². The Morgan fingerprint density at radius 3 is 1.63 bits per heavy atom. The van der Waals surface area contributed by atoms with E-state index in [1.165, 1.54) is 11.1 Å². The van der Waals surface area contributed by atoms with Gasteiger partial charge in [0.25, 0.3) is 0 Å². The van der Waals surface area contributed by atoms with Crippen LogP contribution in [-0.2, 0) is 4.79 Å². The van der Waals surface area contributed by atoms with Crippen molar-refractivity contribution in [1.82, 2.24) is 0 Å². The summed E-state index contributed by atoms with van der Waals surface area (Å²) < 4.78 is 0. The highest BCUT2D eigenvalue weighted by molar-refractivity contribution is 5.70. The Hall–Kier alpha value is -1.57. The van der Waals surface area contributed by atoms with E-state index >= 15 is 0 Å². The SMILES string of the molecule is CC.CC.CC=C(C)C.Cc1ccc(NC=O)cc1.